The number of halogens is 1. The van der Waals surface area contributed by atoms with E-state index in [0.717, 1.165) is 49.5 Å². The quantitative estimate of drug-likeness (QED) is 0.443. The lowest BCUT2D eigenvalue weighted by atomic mass is 9.94. The van der Waals surface area contributed by atoms with E-state index in [1.54, 1.807) is 12.1 Å². The van der Waals surface area contributed by atoms with Gasteiger partial charge in [-0.3, -0.25) is 9.10 Å². The predicted molar refractivity (Wildman–Crippen MR) is 143 cm³/mol. The first-order valence-electron chi connectivity index (χ1n) is 12.0. The van der Waals surface area contributed by atoms with Gasteiger partial charge in [0, 0.05) is 37.9 Å². The maximum absolute atomic E-state index is 13.3. The molecule has 36 heavy (non-hydrogen) atoms. The van der Waals surface area contributed by atoms with Gasteiger partial charge in [0.1, 0.15) is 11.7 Å². The summed E-state index contributed by atoms with van der Waals surface area (Å²) in [6, 6.07) is 11.6. The van der Waals surface area contributed by atoms with Crippen LogP contribution in [-0.4, -0.2) is 50.0 Å². The number of carbonyl (C=O) groups is 1. The van der Waals surface area contributed by atoms with Crippen LogP contribution in [0.2, 0.25) is 0 Å². The van der Waals surface area contributed by atoms with Gasteiger partial charge < -0.3 is 14.6 Å². The number of fused-ring (bicyclic) bond motifs is 1. The molecule has 1 N–H and O–H groups in total. The number of alkyl halides is 1. The Kier molecular flexibility index (Phi) is 7.64. The van der Waals surface area contributed by atoms with E-state index in [9.17, 15) is 13.2 Å². The largest absolute Gasteiger partial charge is 0.381 e. The lowest BCUT2D eigenvalue weighted by Gasteiger charge is -2.26. The summed E-state index contributed by atoms with van der Waals surface area (Å²) >= 11 is 5.52. The lowest BCUT2D eigenvalue weighted by molar-refractivity contribution is -0.113. The highest BCUT2D eigenvalue weighted by Gasteiger charge is 2.27. The second kappa shape index (κ2) is 10.4. The van der Waals surface area contributed by atoms with E-state index in [1.807, 2.05) is 18.2 Å². The fourth-order valence-electron chi connectivity index (χ4n) is 4.46. The minimum absolute atomic E-state index is 0.120. The number of anilines is 2. The van der Waals surface area contributed by atoms with E-state index in [4.69, 9.17) is 21.3 Å². The van der Waals surface area contributed by atoms with Crippen LogP contribution in [0, 0.1) is 5.92 Å². The van der Waals surface area contributed by atoms with Crippen molar-refractivity contribution in [2.75, 3.05) is 35.8 Å². The summed E-state index contributed by atoms with van der Waals surface area (Å²) in [5.41, 5.74) is 2.61. The average molecular weight is 533 g/mol. The number of sulfonamides is 1. The van der Waals surface area contributed by atoms with E-state index in [-0.39, 0.29) is 22.1 Å². The fourth-order valence-corrected chi connectivity index (χ4v) is 5.71. The molecule has 1 amide bonds. The fraction of sp³-hybridized carbons (Fsp3) is 0.462. The molecule has 1 saturated heterocycles. The molecule has 0 saturated carbocycles. The second-order valence-corrected chi connectivity index (χ2v) is 12.4. The van der Waals surface area contributed by atoms with E-state index in [0.29, 0.717) is 17.3 Å². The Hall–Kier alpha value is -2.62. The molecule has 10 heteroatoms. The van der Waals surface area contributed by atoms with Crippen LogP contribution >= 0.6 is 11.6 Å². The monoisotopic (exact) mass is 532 g/mol. The smallest absolute Gasteiger partial charge is 0.264 e. The standard InChI is InChI=1S/C26H33ClN4O4S/c1-26(2,3)25-29-22-15-20(7-10-23(22)31(25)17-18-11-13-35-14-12-18)30(4)36(33,34)21-8-5-19(6-9-21)28-24(32)16-27/h5-10,15,18H,11-14,16-17H2,1-4H3,(H,28,32). The number of carbonyl (C=O) groups excluding carboxylic acids is 1. The molecule has 1 aliphatic rings. The van der Waals surface area contributed by atoms with E-state index in [1.165, 1.54) is 23.5 Å². The molecule has 0 bridgehead atoms. The highest BCUT2D eigenvalue weighted by molar-refractivity contribution is 7.92. The Bertz CT molecular complexity index is 1340. The lowest BCUT2D eigenvalue weighted by Crippen LogP contribution is -2.26. The van der Waals surface area contributed by atoms with Gasteiger partial charge in [-0.1, -0.05) is 20.8 Å². The van der Waals surface area contributed by atoms with Crippen molar-refractivity contribution in [3.05, 3.63) is 48.3 Å². The zero-order chi connectivity index (χ0) is 26.1. The normalized spacial score (nSPS) is 15.2. The molecular weight excluding hydrogens is 500 g/mol. The van der Waals surface area contributed by atoms with Gasteiger partial charge in [-0.25, -0.2) is 13.4 Å². The summed E-state index contributed by atoms with van der Waals surface area (Å²) in [5, 5.41) is 2.60. The topological polar surface area (TPSA) is 93.5 Å². The van der Waals surface area contributed by atoms with Crippen LogP contribution in [0.25, 0.3) is 11.0 Å². The Morgan fingerprint density at radius 3 is 2.44 bits per heavy atom. The van der Waals surface area contributed by atoms with Crippen LogP contribution in [0.5, 0.6) is 0 Å². The maximum Gasteiger partial charge on any atom is 0.264 e. The van der Waals surface area contributed by atoms with Crippen molar-refractivity contribution < 1.29 is 17.9 Å². The van der Waals surface area contributed by atoms with Gasteiger partial charge in [-0.2, -0.15) is 0 Å². The molecule has 0 unspecified atom stereocenters. The molecular formula is C26H33ClN4O4S. The van der Waals surface area contributed by atoms with Gasteiger partial charge in [0.25, 0.3) is 10.0 Å². The van der Waals surface area contributed by atoms with Crippen molar-refractivity contribution in [3.63, 3.8) is 0 Å². The third-order valence-corrected chi connectivity index (χ3v) is 8.51. The molecule has 1 aliphatic heterocycles. The number of hydrogen-bond donors (Lipinski definition) is 1. The Labute approximate surface area is 217 Å². The zero-order valence-electron chi connectivity index (χ0n) is 21.1. The van der Waals surface area contributed by atoms with Gasteiger partial charge in [-0.15, -0.1) is 11.6 Å². The number of nitrogens with one attached hydrogen (secondary N) is 1. The number of benzene rings is 2. The highest BCUT2D eigenvalue weighted by Crippen LogP contribution is 2.32. The summed E-state index contributed by atoms with van der Waals surface area (Å²) < 4.78 is 35.7. The molecule has 0 radical (unpaired) electrons. The summed E-state index contributed by atoms with van der Waals surface area (Å²) in [6.07, 6.45) is 2.05. The van der Waals surface area contributed by atoms with Crippen molar-refractivity contribution in [2.45, 2.75) is 50.5 Å². The number of amides is 1. The molecule has 2 heterocycles. The van der Waals surface area contributed by atoms with Crippen LogP contribution in [0.15, 0.2) is 47.4 Å². The number of aromatic nitrogens is 2. The van der Waals surface area contributed by atoms with Gasteiger partial charge >= 0.3 is 0 Å². The van der Waals surface area contributed by atoms with E-state index < -0.39 is 10.0 Å². The average Bonchev–Trinajstić information content (AvgIpc) is 3.22. The maximum atomic E-state index is 13.3. The molecule has 2 aromatic carbocycles. The molecule has 1 aromatic heterocycles. The minimum atomic E-state index is -3.82. The first-order chi connectivity index (χ1) is 17.0. The number of imidazole rings is 1. The Morgan fingerprint density at radius 2 is 1.83 bits per heavy atom. The van der Waals surface area contributed by atoms with Crippen molar-refractivity contribution in [1.29, 1.82) is 0 Å². The molecule has 0 atom stereocenters. The number of nitrogens with zero attached hydrogens (tertiary/aromatic N) is 3. The molecule has 0 spiro atoms. The first kappa shape index (κ1) is 26.4. The van der Waals surface area contributed by atoms with Crippen molar-refractivity contribution in [3.8, 4) is 0 Å². The second-order valence-electron chi connectivity index (χ2n) is 10.2. The van der Waals surface area contributed by atoms with Crippen molar-refractivity contribution >= 4 is 49.9 Å². The van der Waals surface area contributed by atoms with Crippen LogP contribution in [0.4, 0.5) is 11.4 Å². The first-order valence-corrected chi connectivity index (χ1v) is 14.0. The zero-order valence-corrected chi connectivity index (χ0v) is 22.7. The number of rotatable bonds is 7. The van der Waals surface area contributed by atoms with Crippen LogP contribution in [0.1, 0.15) is 39.4 Å². The SMILES string of the molecule is CN(c1ccc2c(c1)nc(C(C)(C)C)n2CC1CCOCC1)S(=O)(=O)c1ccc(NC(=O)CCl)cc1. The minimum Gasteiger partial charge on any atom is -0.381 e. The van der Waals surface area contributed by atoms with Gasteiger partial charge in [-0.05, 0) is 61.2 Å². The third kappa shape index (κ3) is 5.53. The molecule has 3 aromatic rings. The molecule has 1 fully saturated rings. The number of ether oxygens (including phenoxy) is 1. The van der Waals surface area contributed by atoms with Gasteiger partial charge in [0.2, 0.25) is 5.91 Å². The molecule has 0 aliphatic carbocycles. The molecule has 4 rings (SSSR count). The summed E-state index contributed by atoms with van der Waals surface area (Å²) in [6.45, 7) is 8.87. The Morgan fingerprint density at radius 1 is 1.17 bits per heavy atom. The molecule has 194 valence electrons. The van der Waals surface area contributed by atoms with Crippen LogP contribution in [-0.2, 0) is 31.5 Å². The summed E-state index contributed by atoms with van der Waals surface area (Å²) in [7, 11) is -2.29. The highest BCUT2D eigenvalue weighted by atomic mass is 35.5. The van der Waals surface area contributed by atoms with Gasteiger partial charge in [0.15, 0.2) is 0 Å². The predicted octanol–water partition coefficient (Wildman–Crippen LogP) is 4.76. The molecule has 8 nitrogen and oxygen atoms in total. The number of hydrogen-bond acceptors (Lipinski definition) is 5. The third-order valence-electron chi connectivity index (χ3n) is 6.47. The van der Waals surface area contributed by atoms with Crippen molar-refractivity contribution in [1.82, 2.24) is 9.55 Å². The van der Waals surface area contributed by atoms with E-state index >= 15 is 0 Å². The summed E-state index contributed by atoms with van der Waals surface area (Å²) in [5.74, 6) is 0.981. The Balaban J connectivity index is 1.65. The van der Waals surface area contributed by atoms with Crippen molar-refractivity contribution in [2.24, 2.45) is 5.92 Å². The van der Waals surface area contributed by atoms with Gasteiger partial charge in [0.05, 0.1) is 21.6 Å². The van der Waals surface area contributed by atoms with Crippen LogP contribution < -0.4 is 9.62 Å². The van der Waals surface area contributed by atoms with Crippen LogP contribution in [0.3, 0.4) is 0 Å². The summed E-state index contributed by atoms with van der Waals surface area (Å²) in [4.78, 5) is 16.6. The van der Waals surface area contributed by atoms with E-state index in [2.05, 4.69) is 30.7 Å².